The first-order chi connectivity index (χ1) is 18.0. The highest BCUT2D eigenvalue weighted by atomic mass is 16.5. The van der Waals surface area contributed by atoms with Gasteiger partial charge in [0.05, 0.1) is 29.6 Å². The number of likely N-dealkylation sites (tertiary alicyclic amines) is 1. The van der Waals surface area contributed by atoms with Crippen molar-refractivity contribution in [3.8, 4) is 11.8 Å². The smallest absolute Gasteiger partial charge is 0.255 e. The predicted molar refractivity (Wildman–Crippen MR) is 140 cm³/mol. The normalized spacial score (nSPS) is 18.9. The SMILES string of the molecule is C=CC(=O)N1CC(n2c(C#CC3CC3)c(C(=O)NCc3ccccc3)c3c(N)ncnc32)CC1COC. The molecular formula is C28H30N6O3. The van der Waals surface area contributed by atoms with Crippen molar-refractivity contribution in [1.82, 2.24) is 24.8 Å². The van der Waals surface area contributed by atoms with Gasteiger partial charge in [0, 0.05) is 26.1 Å². The fourth-order valence-electron chi connectivity index (χ4n) is 4.94. The van der Waals surface area contributed by atoms with Gasteiger partial charge in [-0.2, -0.15) is 0 Å². The van der Waals surface area contributed by atoms with E-state index in [0.717, 1.165) is 18.4 Å². The number of hydrogen-bond donors (Lipinski definition) is 2. The number of nitrogens with zero attached hydrogens (tertiary/aromatic N) is 4. The lowest BCUT2D eigenvalue weighted by atomic mass is 10.1. The van der Waals surface area contributed by atoms with E-state index in [2.05, 4.69) is 33.7 Å². The van der Waals surface area contributed by atoms with Crippen molar-refractivity contribution < 1.29 is 14.3 Å². The average molecular weight is 499 g/mol. The Morgan fingerprint density at radius 3 is 2.76 bits per heavy atom. The van der Waals surface area contributed by atoms with Gasteiger partial charge >= 0.3 is 0 Å². The number of rotatable bonds is 7. The number of carbonyl (C=O) groups excluding carboxylic acids is 2. The number of nitrogens with two attached hydrogens (primary N) is 1. The lowest BCUT2D eigenvalue weighted by Crippen LogP contribution is -2.37. The van der Waals surface area contributed by atoms with Crippen LogP contribution in [0, 0.1) is 17.8 Å². The van der Waals surface area contributed by atoms with E-state index < -0.39 is 0 Å². The number of methoxy groups -OCH3 is 1. The Morgan fingerprint density at radius 1 is 1.27 bits per heavy atom. The lowest BCUT2D eigenvalue weighted by Gasteiger charge is -2.22. The number of nitrogen functional groups attached to an aromatic ring is 1. The number of amides is 2. The molecule has 1 aromatic carbocycles. The van der Waals surface area contributed by atoms with E-state index in [4.69, 9.17) is 10.5 Å². The molecule has 1 aliphatic heterocycles. The first-order valence-corrected chi connectivity index (χ1v) is 12.4. The van der Waals surface area contributed by atoms with Crippen LogP contribution in [0.25, 0.3) is 11.0 Å². The van der Waals surface area contributed by atoms with Crippen LogP contribution in [0.1, 0.15) is 46.9 Å². The summed E-state index contributed by atoms with van der Waals surface area (Å²) in [5.74, 6) is 6.68. The molecule has 2 amide bonds. The van der Waals surface area contributed by atoms with Gasteiger partial charge in [-0.25, -0.2) is 9.97 Å². The van der Waals surface area contributed by atoms with Gasteiger partial charge in [-0.15, -0.1) is 0 Å². The minimum Gasteiger partial charge on any atom is -0.383 e. The second-order valence-electron chi connectivity index (χ2n) is 9.46. The molecule has 3 heterocycles. The van der Waals surface area contributed by atoms with Gasteiger partial charge in [-0.3, -0.25) is 9.59 Å². The maximum Gasteiger partial charge on any atom is 0.255 e. The third-order valence-electron chi connectivity index (χ3n) is 6.88. The Balaban J connectivity index is 1.61. The quantitative estimate of drug-likeness (QED) is 0.382. The second-order valence-corrected chi connectivity index (χ2v) is 9.46. The Labute approximate surface area is 215 Å². The molecule has 2 unspecified atom stereocenters. The van der Waals surface area contributed by atoms with Crippen molar-refractivity contribution in [2.75, 3.05) is 26.0 Å². The molecule has 190 valence electrons. The monoisotopic (exact) mass is 498 g/mol. The number of hydrogen-bond acceptors (Lipinski definition) is 6. The van der Waals surface area contributed by atoms with Gasteiger partial charge in [0.15, 0.2) is 0 Å². The summed E-state index contributed by atoms with van der Waals surface area (Å²) in [4.78, 5) is 36.8. The van der Waals surface area contributed by atoms with Crippen LogP contribution in [-0.2, 0) is 16.1 Å². The fourth-order valence-corrected chi connectivity index (χ4v) is 4.94. The molecule has 1 saturated carbocycles. The van der Waals surface area contributed by atoms with E-state index in [1.165, 1.54) is 12.4 Å². The molecule has 1 aliphatic carbocycles. The highest BCUT2D eigenvalue weighted by Crippen LogP contribution is 2.37. The summed E-state index contributed by atoms with van der Waals surface area (Å²) < 4.78 is 7.37. The first kappa shape index (κ1) is 24.5. The number of ether oxygens (including phenoxy) is 1. The van der Waals surface area contributed by atoms with E-state index in [9.17, 15) is 9.59 Å². The number of anilines is 1. The molecule has 9 nitrogen and oxygen atoms in total. The predicted octanol–water partition coefficient (Wildman–Crippen LogP) is 2.68. The van der Waals surface area contributed by atoms with Gasteiger partial charge in [0.1, 0.15) is 23.5 Å². The largest absolute Gasteiger partial charge is 0.383 e. The summed E-state index contributed by atoms with van der Waals surface area (Å²) in [7, 11) is 1.62. The number of nitrogens with one attached hydrogen (secondary N) is 1. The maximum atomic E-state index is 13.7. The Hall–Kier alpha value is -4.16. The molecule has 3 aromatic rings. The zero-order valence-corrected chi connectivity index (χ0v) is 20.8. The van der Waals surface area contributed by atoms with Crippen LogP contribution >= 0.6 is 0 Å². The van der Waals surface area contributed by atoms with Crippen LogP contribution in [0.4, 0.5) is 5.82 Å². The molecule has 2 fully saturated rings. The van der Waals surface area contributed by atoms with E-state index in [1.54, 1.807) is 12.0 Å². The molecule has 0 spiro atoms. The van der Waals surface area contributed by atoms with Gasteiger partial charge in [-0.1, -0.05) is 42.8 Å². The third kappa shape index (κ3) is 4.93. The Morgan fingerprint density at radius 2 is 2.05 bits per heavy atom. The van der Waals surface area contributed by atoms with Crippen LogP contribution in [0.5, 0.6) is 0 Å². The minimum atomic E-state index is -0.292. The van der Waals surface area contributed by atoms with Crippen LogP contribution in [0.3, 0.4) is 0 Å². The first-order valence-electron chi connectivity index (χ1n) is 12.4. The Kier molecular flexibility index (Phi) is 6.93. The van der Waals surface area contributed by atoms with Crippen molar-refractivity contribution in [2.24, 2.45) is 5.92 Å². The van der Waals surface area contributed by atoms with E-state index >= 15 is 0 Å². The molecular weight excluding hydrogens is 468 g/mol. The summed E-state index contributed by atoms with van der Waals surface area (Å²) in [5.41, 5.74) is 8.76. The molecule has 2 atom stereocenters. The summed E-state index contributed by atoms with van der Waals surface area (Å²) in [5, 5.41) is 3.50. The number of benzene rings is 1. The molecule has 5 rings (SSSR count). The van der Waals surface area contributed by atoms with Crippen LogP contribution in [-0.4, -0.2) is 57.6 Å². The van der Waals surface area contributed by atoms with E-state index in [0.29, 0.717) is 54.3 Å². The number of fused-ring (bicyclic) bond motifs is 1. The minimum absolute atomic E-state index is 0.142. The van der Waals surface area contributed by atoms with Crippen LogP contribution < -0.4 is 11.1 Å². The molecule has 37 heavy (non-hydrogen) atoms. The topological polar surface area (TPSA) is 115 Å². The summed E-state index contributed by atoms with van der Waals surface area (Å²) in [6.45, 7) is 4.81. The maximum absolute atomic E-state index is 13.7. The zero-order valence-electron chi connectivity index (χ0n) is 20.8. The molecule has 1 saturated heterocycles. The number of aromatic nitrogens is 3. The van der Waals surface area contributed by atoms with Crippen LogP contribution in [0.2, 0.25) is 0 Å². The van der Waals surface area contributed by atoms with Gasteiger partial charge in [-0.05, 0) is 36.8 Å². The van der Waals surface area contributed by atoms with Gasteiger partial charge < -0.3 is 25.3 Å². The molecule has 0 bridgehead atoms. The summed E-state index contributed by atoms with van der Waals surface area (Å²) in [6, 6.07) is 9.37. The van der Waals surface area contributed by atoms with E-state index in [1.807, 2.05) is 34.9 Å². The molecule has 9 heteroatoms. The van der Waals surface area contributed by atoms with Crippen molar-refractivity contribution in [3.05, 3.63) is 66.1 Å². The van der Waals surface area contributed by atoms with Crippen molar-refractivity contribution in [3.63, 3.8) is 0 Å². The average Bonchev–Trinajstić information content (AvgIpc) is 3.56. The highest BCUT2D eigenvalue weighted by molar-refractivity contribution is 6.11. The summed E-state index contributed by atoms with van der Waals surface area (Å²) >= 11 is 0. The fraction of sp³-hybridized carbons (Fsp3) is 0.357. The Bertz CT molecular complexity index is 1400. The molecule has 2 aliphatic rings. The van der Waals surface area contributed by atoms with Gasteiger partial charge in [0.25, 0.3) is 5.91 Å². The van der Waals surface area contributed by atoms with Crippen molar-refractivity contribution >= 4 is 28.7 Å². The lowest BCUT2D eigenvalue weighted by molar-refractivity contribution is -0.127. The van der Waals surface area contributed by atoms with E-state index in [-0.39, 0.29) is 29.7 Å². The van der Waals surface area contributed by atoms with Crippen LogP contribution in [0.15, 0.2) is 49.3 Å². The molecule has 0 radical (unpaired) electrons. The molecule has 2 aromatic heterocycles. The zero-order chi connectivity index (χ0) is 25.9. The summed E-state index contributed by atoms with van der Waals surface area (Å²) in [6.07, 6.45) is 5.42. The second kappa shape index (κ2) is 10.4. The third-order valence-corrected chi connectivity index (χ3v) is 6.88. The standard InChI is InChI=1S/C28H30N6O3/c1-3-23(35)33-15-20(13-21(33)16-37-2)34-22(12-11-18-9-10-18)24(25-26(29)31-17-32-27(25)34)28(36)30-14-19-7-5-4-6-8-19/h3-8,17-18,20-21H,1,9-10,13-16H2,2H3,(H,30,36)(H2,29,31,32). The highest BCUT2D eigenvalue weighted by Gasteiger charge is 2.38. The molecule has 3 N–H and O–H groups in total. The van der Waals surface area contributed by atoms with Gasteiger partial charge in [0.2, 0.25) is 5.91 Å². The van der Waals surface area contributed by atoms with Crippen molar-refractivity contribution in [2.45, 2.75) is 37.9 Å². The van der Waals surface area contributed by atoms with Crippen molar-refractivity contribution in [1.29, 1.82) is 0 Å². The number of carbonyl (C=O) groups is 2.